The number of nitrogens with one attached hydrogen (secondary N) is 1. The second-order valence-electron chi connectivity index (χ2n) is 3.63. The van der Waals surface area contributed by atoms with Crippen molar-refractivity contribution in [3.63, 3.8) is 0 Å². The molecular weight excluding hydrogens is 228 g/mol. The summed E-state index contributed by atoms with van der Waals surface area (Å²) in [5, 5.41) is 22.1. The van der Waals surface area contributed by atoms with Crippen LogP contribution in [0.3, 0.4) is 0 Å². The number of anilines is 1. The molecule has 2 heterocycles. The first-order valence-electron chi connectivity index (χ1n) is 5.26. The van der Waals surface area contributed by atoms with Crippen LogP contribution in [0.2, 0.25) is 0 Å². The molecule has 0 bridgehead atoms. The van der Waals surface area contributed by atoms with Crippen molar-refractivity contribution in [2.24, 2.45) is 0 Å². The molecule has 2 rings (SSSR count). The SMILES string of the molecule is CNc1nnc(CN2CCOCC2CO)s1. The highest BCUT2D eigenvalue weighted by Crippen LogP contribution is 2.18. The van der Waals surface area contributed by atoms with Crippen LogP contribution in [0.4, 0.5) is 5.13 Å². The summed E-state index contributed by atoms with van der Waals surface area (Å²) in [7, 11) is 1.83. The third-order valence-electron chi connectivity index (χ3n) is 2.58. The Kier molecular flexibility index (Phi) is 4.05. The van der Waals surface area contributed by atoms with E-state index in [1.807, 2.05) is 7.05 Å². The lowest BCUT2D eigenvalue weighted by atomic mass is 10.2. The standard InChI is InChI=1S/C9H16N4O2S/c1-10-9-12-11-8(16-9)4-13-2-3-15-6-7(13)5-14/h7,14H,2-6H2,1H3,(H,10,12). The van der Waals surface area contributed by atoms with Crippen LogP contribution in [-0.2, 0) is 11.3 Å². The van der Waals surface area contributed by atoms with E-state index in [0.29, 0.717) is 13.2 Å². The minimum absolute atomic E-state index is 0.0793. The van der Waals surface area contributed by atoms with Gasteiger partial charge in [-0.05, 0) is 0 Å². The van der Waals surface area contributed by atoms with Gasteiger partial charge in [0.25, 0.3) is 0 Å². The van der Waals surface area contributed by atoms with Crippen LogP contribution in [0.5, 0.6) is 0 Å². The zero-order valence-corrected chi connectivity index (χ0v) is 10.0. The van der Waals surface area contributed by atoms with Gasteiger partial charge in [-0.25, -0.2) is 0 Å². The van der Waals surface area contributed by atoms with Crippen LogP contribution in [0.15, 0.2) is 0 Å². The quantitative estimate of drug-likeness (QED) is 0.762. The lowest BCUT2D eigenvalue weighted by Crippen LogP contribution is -2.46. The van der Waals surface area contributed by atoms with Crippen molar-refractivity contribution in [1.29, 1.82) is 0 Å². The average Bonchev–Trinajstić information content (AvgIpc) is 2.77. The van der Waals surface area contributed by atoms with Crippen LogP contribution in [0.25, 0.3) is 0 Å². The minimum Gasteiger partial charge on any atom is -0.395 e. The molecule has 1 fully saturated rings. The van der Waals surface area contributed by atoms with Crippen molar-refractivity contribution in [2.75, 3.05) is 38.7 Å². The van der Waals surface area contributed by atoms with Gasteiger partial charge in [-0.3, -0.25) is 4.90 Å². The molecule has 0 spiro atoms. The van der Waals surface area contributed by atoms with Gasteiger partial charge in [0.1, 0.15) is 5.01 Å². The van der Waals surface area contributed by atoms with Gasteiger partial charge in [0.15, 0.2) is 0 Å². The monoisotopic (exact) mass is 244 g/mol. The Morgan fingerprint density at radius 1 is 1.62 bits per heavy atom. The molecule has 1 unspecified atom stereocenters. The Morgan fingerprint density at radius 2 is 2.50 bits per heavy atom. The summed E-state index contributed by atoms with van der Waals surface area (Å²) in [4.78, 5) is 2.18. The van der Waals surface area contributed by atoms with Crippen LogP contribution < -0.4 is 5.32 Å². The molecule has 0 radical (unpaired) electrons. The maximum Gasteiger partial charge on any atom is 0.205 e. The molecule has 1 aromatic rings. The van der Waals surface area contributed by atoms with Gasteiger partial charge in [0.05, 0.1) is 32.4 Å². The first-order valence-corrected chi connectivity index (χ1v) is 6.08. The van der Waals surface area contributed by atoms with E-state index >= 15 is 0 Å². The predicted molar refractivity (Wildman–Crippen MR) is 61.6 cm³/mol. The van der Waals surface area contributed by atoms with Gasteiger partial charge in [-0.2, -0.15) is 0 Å². The number of aliphatic hydroxyl groups excluding tert-OH is 1. The zero-order chi connectivity index (χ0) is 11.4. The lowest BCUT2D eigenvalue weighted by Gasteiger charge is -2.33. The molecule has 2 N–H and O–H groups in total. The highest BCUT2D eigenvalue weighted by atomic mass is 32.1. The Hall–Kier alpha value is -0.760. The number of aliphatic hydroxyl groups is 1. The summed E-state index contributed by atoms with van der Waals surface area (Å²) in [6, 6.07) is 0.0793. The number of nitrogens with zero attached hydrogens (tertiary/aromatic N) is 3. The van der Waals surface area contributed by atoms with Crippen molar-refractivity contribution in [3.05, 3.63) is 5.01 Å². The molecule has 0 aromatic carbocycles. The second-order valence-corrected chi connectivity index (χ2v) is 4.69. The molecule has 16 heavy (non-hydrogen) atoms. The maximum atomic E-state index is 9.22. The molecule has 1 aliphatic heterocycles. The Labute approximate surface area is 98.2 Å². The van der Waals surface area contributed by atoms with Crippen molar-refractivity contribution >= 4 is 16.5 Å². The molecule has 0 saturated carbocycles. The number of hydrogen-bond donors (Lipinski definition) is 2. The fraction of sp³-hybridized carbons (Fsp3) is 0.778. The van der Waals surface area contributed by atoms with Gasteiger partial charge in [0, 0.05) is 13.6 Å². The molecular formula is C9H16N4O2S. The van der Waals surface area contributed by atoms with Crippen molar-refractivity contribution < 1.29 is 9.84 Å². The molecule has 1 aromatic heterocycles. The number of aromatic nitrogens is 2. The molecule has 90 valence electrons. The third kappa shape index (κ3) is 2.67. The topological polar surface area (TPSA) is 70.5 Å². The van der Waals surface area contributed by atoms with Gasteiger partial charge < -0.3 is 15.2 Å². The Balaban J connectivity index is 1.96. The number of ether oxygens (including phenoxy) is 1. The Bertz CT molecular complexity index is 333. The van der Waals surface area contributed by atoms with Crippen molar-refractivity contribution in [2.45, 2.75) is 12.6 Å². The molecule has 1 atom stereocenters. The highest BCUT2D eigenvalue weighted by molar-refractivity contribution is 7.15. The summed E-state index contributed by atoms with van der Waals surface area (Å²) < 4.78 is 5.32. The van der Waals surface area contributed by atoms with Crippen molar-refractivity contribution in [3.8, 4) is 0 Å². The molecule has 0 amide bonds. The average molecular weight is 244 g/mol. The number of morpholine rings is 1. The third-order valence-corrected chi connectivity index (χ3v) is 3.50. The van der Waals surface area contributed by atoms with Gasteiger partial charge in [0.2, 0.25) is 5.13 Å². The fourth-order valence-electron chi connectivity index (χ4n) is 1.66. The van der Waals surface area contributed by atoms with E-state index in [0.717, 1.165) is 23.2 Å². The van der Waals surface area contributed by atoms with Gasteiger partial charge in [-0.15, -0.1) is 10.2 Å². The second kappa shape index (κ2) is 5.53. The molecule has 6 nitrogen and oxygen atoms in total. The zero-order valence-electron chi connectivity index (χ0n) is 9.22. The predicted octanol–water partition coefficient (Wildman–Crippen LogP) is -0.227. The molecule has 1 saturated heterocycles. The van der Waals surface area contributed by atoms with Crippen LogP contribution in [0.1, 0.15) is 5.01 Å². The number of rotatable bonds is 4. The van der Waals surface area contributed by atoms with E-state index in [4.69, 9.17) is 4.74 Å². The van der Waals surface area contributed by atoms with Crippen molar-refractivity contribution in [1.82, 2.24) is 15.1 Å². The summed E-state index contributed by atoms with van der Waals surface area (Å²) in [5.74, 6) is 0. The van der Waals surface area contributed by atoms with E-state index in [1.165, 1.54) is 0 Å². The lowest BCUT2D eigenvalue weighted by molar-refractivity contribution is -0.0313. The van der Waals surface area contributed by atoms with Crippen LogP contribution >= 0.6 is 11.3 Å². The first-order chi connectivity index (χ1) is 7.83. The summed E-state index contributed by atoms with van der Waals surface area (Å²) in [6.07, 6.45) is 0. The van der Waals surface area contributed by atoms with Crippen LogP contribution in [-0.4, -0.2) is 59.7 Å². The highest BCUT2D eigenvalue weighted by Gasteiger charge is 2.23. The van der Waals surface area contributed by atoms with Crippen LogP contribution in [0, 0.1) is 0 Å². The molecule has 1 aliphatic rings. The fourth-order valence-corrected chi connectivity index (χ4v) is 2.38. The summed E-state index contributed by atoms with van der Waals surface area (Å²) in [6.45, 7) is 2.99. The smallest absolute Gasteiger partial charge is 0.205 e. The molecule has 0 aliphatic carbocycles. The van der Waals surface area contributed by atoms with E-state index in [9.17, 15) is 5.11 Å². The minimum atomic E-state index is 0.0793. The van der Waals surface area contributed by atoms with E-state index in [1.54, 1.807) is 11.3 Å². The molecule has 7 heteroatoms. The maximum absolute atomic E-state index is 9.22. The van der Waals surface area contributed by atoms with E-state index in [2.05, 4.69) is 20.4 Å². The van der Waals surface area contributed by atoms with Gasteiger partial charge >= 0.3 is 0 Å². The summed E-state index contributed by atoms with van der Waals surface area (Å²) in [5.41, 5.74) is 0. The first kappa shape index (κ1) is 11.7. The Morgan fingerprint density at radius 3 is 3.19 bits per heavy atom. The van der Waals surface area contributed by atoms with Gasteiger partial charge in [-0.1, -0.05) is 11.3 Å². The van der Waals surface area contributed by atoms with E-state index < -0.39 is 0 Å². The largest absolute Gasteiger partial charge is 0.395 e. The van der Waals surface area contributed by atoms with E-state index in [-0.39, 0.29) is 12.6 Å². The number of hydrogen-bond acceptors (Lipinski definition) is 7. The summed E-state index contributed by atoms with van der Waals surface area (Å²) >= 11 is 1.54. The normalized spacial score (nSPS) is 22.2.